The van der Waals surface area contributed by atoms with Crippen LogP contribution in [0.3, 0.4) is 0 Å². The lowest BCUT2D eigenvalue weighted by molar-refractivity contribution is -0.00539. The molecule has 0 aliphatic carbocycles. The van der Waals surface area contributed by atoms with Gasteiger partial charge in [0.25, 0.3) is 0 Å². The monoisotopic (exact) mass is 369 g/mol. The summed E-state index contributed by atoms with van der Waals surface area (Å²) < 4.78 is 11.2. The first-order chi connectivity index (χ1) is 12.7. The summed E-state index contributed by atoms with van der Waals surface area (Å²) in [6.07, 6.45) is 0.349. The van der Waals surface area contributed by atoms with Crippen LogP contribution in [0.4, 0.5) is 5.82 Å². The number of fused-ring (bicyclic) bond motifs is 1. The van der Waals surface area contributed by atoms with Crippen molar-refractivity contribution < 1.29 is 9.47 Å². The SMILES string of the molecule is COCc1nc(N2CC(C)OC(C)C2)c2c(-c3ccccc3)csc2n1. The zero-order valence-electron chi connectivity index (χ0n) is 15.3. The van der Waals surface area contributed by atoms with Crippen LogP contribution in [-0.4, -0.2) is 42.4 Å². The lowest BCUT2D eigenvalue weighted by atomic mass is 10.1. The number of thiophene rings is 1. The molecule has 0 spiro atoms. The van der Waals surface area contributed by atoms with Crippen molar-refractivity contribution in [2.75, 3.05) is 25.1 Å². The zero-order chi connectivity index (χ0) is 18.1. The molecular weight excluding hydrogens is 346 g/mol. The quantitative estimate of drug-likeness (QED) is 0.692. The number of hydrogen-bond donors (Lipinski definition) is 0. The Morgan fingerprint density at radius 3 is 2.58 bits per heavy atom. The molecule has 26 heavy (non-hydrogen) atoms. The van der Waals surface area contributed by atoms with Gasteiger partial charge in [0, 0.05) is 31.1 Å². The molecule has 2 unspecified atom stereocenters. The molecule has 0 saturated carbocycles. The summed E-state index contributed by atoms with van der Waals surface area (Å²) in [5.74, 6) is 1.72. The lowest BCUT2D eigenvalue weighted by Crippen LogP contribution is -2.46. The highest BCUT2D eigenvalue weighted by molar-refractivity contribution is 7.17. The minimum Gasteiger partial charge on any atom is -0.377 e. The first kappa shape index (κ1) is 17.4. The highest BCUT2D eigenvalue weighted by atomic mass is 32.1. The van der Waals surface area contributed by atoms with E-state index in [0.717, 1.165) is 34.9 Å². The summed E-state index contributed by atoms with van der Waals surface area (Å²) in [5, 5.41) is 3.31. The maximum absolute atomic E-state index is 5.92. The number of nitrogens with zero attached hydrogens (tertiary/aromatic N) is 3. The predicted octanol–water partition coefficient (Wildman–Crippen LogP) is 4.12. The van der Waals surface area contributed by atoms with Crippen molar-refractivity contribution in [2.45, 2.75) is 32.7 Å². The summed E-state index contributed by atoms with van der Waals surface area (Å²) >= 11 is 1.66. The fourth-order valence-electron chi connectivity index (χ4n) is 3.57. The van der Waals surface area contributed by atoms with Crippen LogP contribution in [0.25, 0.3) is 21.3 Å². The molecule has 0 bridgehead atoms. The number of benzene rings is 1. The molecule has 1 fully saturated rings. The molecule has 5 nitrogen and oxygen atoms in total. The fraction of sp³-hybridized carbons (Fsp3) is 0.400. The van der Waals surface area contributed by atoms with E-state index in [0.29, 0.717) is 6.61 Å². The van der Waals surface area contributed by atoms with Crippen molar-refractivity contribution in [3.8, 4) is 11.1 Å². The van der Waals surface area contributed by atoms with Crippen molar-refractivity contribution >= 4 is 27.4 Å². The Kier molecular flexibility index (Phi) is 4.89. The van der Waals surface area contributed by atoms with E-state index in [2.05, 4.69) is 48.4 Å². The van der Waals surface area contributed by atoms with E-state index in [9.17, 15) is 0 Å². The van der Waals surface area contributed by atoms with Crippen molar-refractivity contribution in [1.29, 1.82) is 0 Å². The molecule has 0 radical (unpaired) electrons. The van der Waals surface area contributed by atoms with E-state index in [1.54, 1.807) is 18.4 Å². The average Bonchev–Trinajstić information content (AvgIpc) is 3.05. The molecule has 2 atom stereocenters. The van der Waals surface area contributed by atoms with Gasteiger partial charge in [0.15, 0.2) is 5.82 Å². The Morgan fingerprint density at radius 1 is 1.15 bits per heavy atom. The van der Waals surface area contributed by atoms with Gasteiger partial charge in [-0.15, -0.1) is 11.3 Å². The number of anilines is 1. The Labute approximate surface area is 157 Å². The van der Waals surface area contributed by atoms with E-state index >= 15 is 0 Å². The molecule has 3 aromatic rings. The van der Waals surface area contributed by atoms with E-state index < -0.39 is 0 Å². The second-order valence-corrected chi connectivity index (χ2v) is 7.61. The predicted molar refractivity (Wildman–Crippen MR) is 106 cm³/mol. The smallest absolute Gasteiger partial charge is 0.158 e. The molecule has 0 N–H and O–H groups in total. The van der Waals surface area contributed by atoms with Crippen LogP contribution < -0.4 is 4.90 Å². The number of morpholine rings is 1. The summed E-state index contributed by atoms with van der Waals surface area (Å²) in [6, 6.07) is 10.4. The molecule has 1 saturated heterocycles. The summed E-state index contributed by atoms with van der Waals surface area (Å²) in [5.41, 5.74) is 2.38. The third-order valence-corrected chi connectivity index (χ3v) is 5.41. The average molecular weight is 369 g/mol. The number of rotatable bonds is 4. The highest BCUT2D eigenvalue weighted by Crippen LogP contribution is 2.39. The van der Waals surface area contributed by atoms with Crippen LogP contribution in [0.1, 0.15) is 19.7 Å². The largest absolute Gasteiger partial charge is 0.377 e. The molecular formula is C20H23N3O2S. The molecule has 3 heterocycles. The van der Waals surface area contributed by atoms with Gasteiger partial charge in [-0.1, -0.05) is 30.3 Å². The van der Waals surface area contributed by atoms with Gasteiger partial charge in [-0.3, -0.25) is 0 Å². The number of hydrogen-bond acceptors (Lipinski definition) is 6. The normalized spacial score (nSPS) is 20.7. The van der Waals surface area contributed by atoms with Crippen molar-refractivity contribution in [2.24, 2.45) is 0 Å². The summed E-state index contributed by atoms with van der Waals surface area (Å²) in [4.78, 5) is 13.0. The lowest BCUT2D eigenvalue weighted by Gasteiger charge is -2.36. The summed E-state index contributed by atoms with van der Waals surface area (Å²) in [6.45, 7) is 6.29. The van der Waals surface area contributed by atoms with Crippen molar-refractivity contribution in [1.82, 2.24) is 9.97 Å². The van der Waals surface area contributed by atoms with Gasteiger partial charge in [0.05, 0.1) is 17.6 Å². The first-order valence-electron chi connectivity index (χ1n) is 8.88. The van der Waals surface area contributed by atoms with Crippen LogP contribution in [0.5, 0.6) is 0 Å². The highest BCUT2D eigenvalue weighted by Gasteiger charge is 2.27. The minimum atomic E-state index is 0.174. The maximum Gasteiger partial charge on any atom is 0.158 e. The van der Waals surface area contributed by atoms with E-state index in [1.165, 1.54) is 11.1 Å². The molecule has 1 aliphatic heterocycles. The molecule has 1 aliphatic rings. The van der Waals surface area contributed by atoms with E-state index in [1.807, 2.05) is 6.07 Å². The third kappa shape index (κ3) is 3.32. The van der Waals surface area contributed by atoms with Gasteiger partial charge >= 0.3 is 0 Å². The van der Waals surface area contributed by atoms with Gasteiger partial charge in [0.2, 0.25) is 0 Å². The Bertz CT molecular complexity index is 887. The van der Waals surface area contributed by atoms with E-state index in [4.69, 9.17) is 19.4 Å². The van der Waals surface area contributed by atoms with E-state index in [-0.39, 0.29) is 12.2 Å². The Hall–Kier alpha value is -2.02. The Morgan fingerprint density at radius 2 is 1.88 bits per heavy atom. The van der Waals surface area contributed by atoms with Gasteiger partial charge in [-0.05, 0) is 19.4 Å². The fourth-order valence-corrected chi connectivity index (χ4v) is 4.53. The first-order valence-corrected chi connectivity index (χ1v) is 9.76. The van der Waals surface area contributed by atoms with Gasteiger partial charge in [-0.25, -0.2) is 9.97 Å². The van der Waals surface area contributed by atoms with Crippen LogP contribution in [-0.2, 0) is 16.1 Å². The van der Waals surface area contributed by atoms with Crippen LogP contribution in [0, 0.1) is 0 Å². The second kappa shape index (κ2) is 7.31. The molecule has 0 amide bonds. The van der Waals surface area contributed by atoms with Crippen molar-refractivity contribution in [3.63, 3.8) is 0 Å². The van der Waals surface area contributed by atoms with Gasteiger partial charge in [0.1, 0.15) is 17.3 Å². The molecule has 136 valence electrons. The number of methoxy groups -OCH3 is 1. The third-order valence-electron chi connectivity index (χ3n) is 4.54. The summed E-state index contributed by atoms with van der Waals surface area (Å²) in [7, 11) is 1.68. The molecule has 2 aromatic heterocycles. The van der Waals surface area contributed by atoms with Crippen LogP contribution >= 0.6 is 11.3 Å². The molecule has 1 aromatic carbocycles. The van der Waals surface area contributed by atoms with Crippen LogP contribution in [0.2, 0.25) is 0 Å². The standard InChI is InChI=1S/C20H23N3O2S/c1-13-9-23(10-14(2)25-13)19-18-16(15-7-5-4-6-8-15)12-26-20(18)22-17(21-19)11-24-3/h4-8,12-14H,9-11H2,1-3H3. The molecule has 6 heteroatoms. The number of aromatic nitrogens is 2. The van der Waals surface area contributed by atoms with Crippen LogP contribution in [0.15, 0.2) is 35.7 Å². The maximum atomic E-state index is 5.92. The topological polar surface area (TPSA) is 47.5 Å². The van der Waals surface area contributed by atoms with Crippen molar-refractivity contribution in [3.05, 3.63) is 41.5 Å². The minimum absolute atomic E-state index is 0.174. The molecule has 4 rings (SSSR count). The second-order valence-electron chi connectivity index (χ2n) is 6.75. The number of ether oxygens (including phenoxy) is 2. The van der Waals surface area contributed by atoms with Gasteiger partial charge < -0.3 is 14.4 Å². The van der Waals surface area contributed by atoms with Gasteiger partial charge in [-0.2, -0.15) is 0 Å². The Balaban J connectivity index is 1.89. The zero-order valence-corrected chi connectivity index (χ0v) is 16.1.